The second-order valence-corrected chi connectivity index (χ2v) is 16.8. The van der Waals surface area contributed by atoms with Crippen molar-refractivity contribution in [2.75, 3.05) is 4.90 Å². The van der Waals surface area contributed by atoms with Gasteiger partial charge in [-0.15, -0.1) is 22.7 Å². The van der Waals surface area contributed by atoms with E-state index in [4.69, 9.17) is 0 Å². The quantitative estimate of drug-likeness (QED) is 0.158. The zero-order chi connectivity index (χ0) is 37.5. The molecule has 12 aromatic rings. The molecule has 0 fully saturated rings. The second kappa shape index (κ2) is 12.9. The zero-order valence-electron chi connectivity index (χ0n) is 30.8. The minimum Gasteiger partial charge on any atom is -0.307 e. The molecule has 0 amide bonds. The summed E-state index contributed by atoms with van der Waals surface area (Å²) in [6.07, 6.45) is 0. The molecule has 0 radical (unpaired) electrons. The molecule has 2 heterocycles. The predicted molar refractivity (Wildman–Crippen MR) is 250 cm³/mol. The maximum Gasteiger partial charge on any atom is 0.0641 e. The number of nitrogens with zero attached hydrogens (tertiary/aromatic N) is 1. The summed E-state index contributed by atoms with van der Waals surface area (Å²) in [5.74, 6) is 0. The summed E-state index contributed by atoms with van der Waals surface area (Å²) < 4.78 is 5.18. The number of hydrogen-bond donors (Lipinski definition) is 0. The van der Waals surface area contributed by atoms with Crippen molar-refractivity contribution in [2.45, 2.75) is 0 Å². The van der Waals surface area contributed by atoms with Gasteiger partial charge in [-0.05, 0) is 56.8 Å². The topological polar surface area (TPSA) is 3.24 Å². The van der Waals surface area contributed by atoms with Gasteiger partial charge in [0.15, 0.2) is 0 Å². The minimum atomic E-state index is 1.15. The van der Waals surface area contributed by atoms with Crippen LogP contribution in [0.3, 0.4) is 0 Å². The van der Waals surface area contributed by atoms with Crippen LogP contribution in [0.2, 0.25) is 0 Å². The molecule has 12 rings (SSSR count). The van der Waals surface area contributed by atoms with Gasteiger partial charge in [0, 0.05) is 57.7 Å². The van der Waals surface area contributed by atoms with Crippen LogP contribution in [0.4, 0.5) is 17.1 Å². The standard InChI is InChI=1S/C54H33NS2/c1-2-18-35-34(16-1)17-13-26-41(35)51-42-24-5-3-19-36(42)37-20-4-6-25-43(37)52(51)55(48-31-15-29-46-40-23-9-12-33-50(40)57-54(46)48)47-30-10-7-21-38(47)44-27-14-28-45-39-22-8-11-32-49(39)56-53(44)45/h1-33H. The molecule has 266 valence electrons. The third-order valence-electron chi connectivity index (χ3n) is 11.7. The van der Waals surface area contributed by atoms with Gasteiger partial charge in [-0.2, -0.15) is 0 Å². The maximum atomic E-state index is 2.62. The first kappa shape index (κ1) is 32.5. The average molecular weight is 760 g/mol. The Morgan fingerprint density at radius 2 is 0.737 bits per heavy atom. The van der Waals surface area contributed by atoms with E-state index in [9.17, 15) is 0 Å². The van der Waals surface area contributed by atoms with E-state index in [0.717, 1.165) is 5.69 Å². The van der Waals surface area contributed by atoms with Gasteiger partial charge in [-0.3, -0.25) is 0 Å². The molecule has 0 saturated carbocycles. The fourth-order valence-electron chi connectivity index (χ4n) is 9.21. The molecule has 0 N–H and O–H groups in total. The first-order chi connectivity index (χ1) is 28.3. The molecule has 0 atom stereocenters. The monoisotopic (exact) mass is 759 g/mol. The third kappa shape index (κ3) is 4.93. The molecule has 57 heavy (non-hydrogen) atoms. The maximum absolute atomic E-state index is 2.62. The first-order valence-electron chi connectivity index (χ1n) is 19.4. The summed E-state index contributed by atoms with van der Waals surface area (Å²) in [7, 11) is 0. The lowest BCUT2D eigenvalue weighted by atomic mass is 9.87. The third-order valence-corrected chi connectivity index (χ3v) is 14.1. The van der Waals surface area contributed by atoms with E-state index in [-0.39, 0.29) is 0 Å². The molecule has 3 heteroatoms. The van der Waals surface area contributed by atoms with Crippen molar-refractivity contribution < 1.29 is 0 Å². The first-order valence-corrected chi connectivity index (χ1v) is 21.1. The van der Waals surface area contributed by atoms with Crippen LogP contribution in [0, 0.1) is 0 Å². The number of fused-ring (bicyclic) bond motifs is 10. The normalized spacial score (nSPS) is 11.9. The number of anilines is 3. The van der Waals surface area contributed by atoms with Gasteiger partial charge in [0.05, 0.1) is 21.8 Å². The Kier molecular flexibility index (Phi) is 7.34. The van der Waals surface area contributed by atoms with E-state index < -0.39 is 0 Å². The molecule has 2 aromatic heterocycles. The zero-order valence-corrected chi connectivity index (χ0v) is 32.4. The fourth-order valence-corrected chi connectivity index (χ4v) is 11.6. The highest BCUT2D eigenvalue weighted by molar-refractivity contribution is 7.26. The molecule has 10 aromatic carbocycles. The smallest absolute Gasteiger partial charge is 0.0641 e. The van der Waals surface area contributed by atoms with Crippen LogP contribution in [0.15, 0.2) is 200 Å². The molecular formula is C54H33NS2. The molecular weight excluding hydrogens is 727 g/mol. The summed E-state index contributed by atoms with van der Waals surface area (Å²) in [6.45, 7) is 0. The van der Waals surface area contributed by atoms with Gasteiger partial charge >= 0.3 is 0 Å². The Labute approximate surface area is 337 Å². The highest BCUT2D eigenvalue weighted by Crippen LogP contribution is 2.55. The SMILES string of the molecule is c1ccc(N(c2c(-c3cccc4ccccc34)c3ccccc3c3ccccc23)c2cccc3c2sc2ccccc23)c(-c2cccc3c2sc2ccccc23)c1. The van der Waals surface area contributed by atoms with Crippen molar-refractivity contribution in [1.82, 2.24) is 0 Å². The predicted octanol–water partition coefficient (Wildman–Crippen LogP) is 16.7. The second-order valence-electron chi connectivity index (χ2n) is 14.7. The van der Waals surface area contributed by atoms with Crippen LogP contribution in [-0.2, 0) is 0 Å². The Morgan fingerprint density at radius 3 is 1.51 bits per heavy atom. The lowest BCUT2D eigenvalue weighted by molar-refractivity contribution is 1.32. The van der Waals surface area contributed by atoms with Gasteiger partial charge in [0.25, 0.3) is 0 Å². The molecule has 0 aliphatic heterocycles. The molecule has 0 unspecified atom stereocenters. The van der Waals surface area contributed by atoms with Crippen molar-refractivity contribution >= 4 is 112 Å². The van der Waals surface area contributed by atoms with Crippen molar-refractivity contribution in [2.24, 2.45) is 0 Å². The van der Waals surface area contributed by atoms with Crippen LogP contribution in [0.1, 0.15) is 0 Å². The Hall–Kier alpha value is -6.78. The van der Waals surface area contributed by atoms with E-state index in [1.165, 1.54) is 106 Å². The fraction of sp³-hybridized carbons (Fsp3) is 0. The minimum absolute atomic E-state index is 1.15. The Balaban J connectivity index is 1.28. The average Bonchev–Trinajstić information content (AvgIpc) is 3.86. The lowest BCUT2D eigenvalue weighted by Crippen LogP contribution is -2.13. The number of benzene rings is 10. The van der Waals surface area contributed by atoms with Gasteiger partial charge in [-0.25, -0.2) is 0 Å². The van der Waals surface area contributed by atoms with Gasteiger partial charge in [0.1, 0.15) is 0 Å². The number of rotatable bonds is 5. The molecule has 0 bridgehead atoms. The van der Waals surface area contributed by atoms with Gasteiger partial charge in [-0.1, -0.05) is 176 Å². The van der Waals surface area contributed by atoms with Crippen LogP contribution in [0.25, 0.3) is 94.9 Å². The van der Waals surface area contributed by atoms with E-state index >= 15 is 0 Å². The molecule has 0 aliphatic rings. The summed E-state index contributed by atoms with van der Waals surface area (Å²) in [6, 6.07) is 74.1. The molecule has 0 spiro atoms. The van der Waals surface area contributed by atoms with E-state index in [0.29, 0.717) is 0 Å². The van der Waals surface area contributed by atoms with Crippen molar-refractivity contribution in [3.63, 3.8) is 0 Å². The summed E-state index contributed by atoms with van der Waals surface area (Å²) in [4.78, 5) is 2.62. The van der Waals surface area contributed by atoms with Crippen LogP contribution >= 0.6 is 22.7 Å². The number of hydrogen-bond acceptors (Lipinski definition) is 3. The largest absolute Gasteiger partial charge is 0.307 e. The van der Waals surface area contributed by atoms with E-state index in [2.05, 4.69) is 205 Å². The molecule has 0 aliphatic carbocycles. The van der Waals surface area contributed by atoms with Crippen molar-refractivity contribution in [1.29, 1.82) is 0 Å². The van der Waals surface area contributed by atoms with Crippen LogP contribution < -0.4 is 4.90 Å². The molecule has 0 saturated heterocycles. The molecule has 1 nitrogen and oxygen atoms in total. The summed E-state index contributed by atoms with van der Waals surface area (Å²) >= 11 is 3.78. The number of thiophene rings is 2. The van der Waals surface area contributed by atoms with E-state index in [1.807, 2.05) is 22.7 Å². The summed E-state index contributed by atoms with van der Waals surface area (Å²) in [5, 5.41) is 12.6. The lowest BCUT2D eigenvalue weighted by Gasteiger charge is -2.32. The van der Waals surface area contributed by atoms with Crippen molar-refractivity contribution in [3.8, 4) is 22.3 Å². The highest BCUT2D eigenvalue weighted by atomic mass is 32.1. The Morgan fingerprint density at radius 1 is 0.281 bits per heavy atom. The van der Waals surface area contributed by atoms with Crippen LogP contribution in [0.5, 0.6) is 0 Å². The van der Waals surface area contributed by atoms with Crippen molar-refractivity contribution in [3.05, 3.63) is 200 Å². The Bertz CT molecular complexity index is 3550. The van der Waals surface area contributed by atoms with Gasteiger partial charge < -0.3 is 4.90 Å². The van der Waals surface area contributed by atoms with E-state index in [1.54, 1.807) is 0 Å². The highest BCUT2D eigenvalue weighted by Gasteiger charge is 2.28. The van der Waals surface area contributed by atoms with Gasteiger partial charge in [0.2, 0.25) is 0 Å². The van der Waals surface area contributed by atoms with Crippen LogP contribution in [-0.4, -0.2) is 0 Å². The summed E-state index contributed by atoms with van der Waals surface area (Å²) in [5.41, 5.74) is 8.41. The number of para-hydroxylation sites is 1.